The van der Waals surface area contributed by atoms with Crippen molar-refractivity contribution in [3.05, 3.63) is 24.3 Å². The third-order valence-corrected chi connectivity index (χ3v) is 2.91. The second-order valence-corrected chi connectivity index (χ2v) is 4.57. The van der Waals surface area contributed by atoms with Crippen molar-refractivity contribution in [3.8, 4) is 0 Å². The van der Waals surface area contributed by atoms with Crippen LogP contribution in [-0.2, 0) is 0 Å². The quantitative estimate of drug-likeness (QED) is 0.295. The number of hydrogen-bond donors (Lipinski definition) is 0. The molecule has 0 saturated carbocycles. The van der Waals surface area contributed by atoms with Gasteiger partial charge in [0.1, 0.15) is 0 Å². The van der Waals surface area contributed by atoms with Crippen molar-refractivity contribution < 1.29 is 0 Å². The fraction of sp³-hybridized carbons (Fsp3) is 0.750. The van der Waals surface area contributed by atoms with Crippen LogP contribution in [0.2, 0.25) is 0 Å². The van der Waals surface area contributed by atoms with E-state index in [2.05, 4.69) is 38.2 Å². The minimum Gasteiger partial charge on any atom is -0.0877 e. The average molecular weight is 222 g/mol. The van der Waals surface area contributed by atoms with Crippen molar-refractivity contribution in [1.82, 2.24) is 0 Å². The molecule has 0 radical (unpaired) electrons. The molecule has 0 spiro atoms. The molecule has 0 heterocycles. The smallest absolute Gasteiger partial charge is 0.0348 e. The second kappa shape index (κ2) is 14.5. The van der Waals surface area contributed by atoms with Crippen LogP contribution in [0, 0.1) is 0 Å². The van der Waals surface area contributed by atoms with E-state index in [1.165, 1.54) is 64.2 Å². The van der Waals surface area contributed by atoms with Crippen molar-refractivity contribution in [2.24, 2.45) is 0 Å². The van der Waals surface area contributed by atoms with Crippen LogP contribution in [0.25, 0.3) is 0 Å². The molecule has 16 heavy (non-hydrogen) atoms. The van der Waals surface area contributed by atoms with Gasteiger partial charge in [0, 0.05) is 0 Å². The number of hydrogen-bond acceptors (Lipinski definition) is 0. The zero-order valence-corrected chi connectivity index (χ0v) is 11.4. The summed E-state index contributed by atoms with van der Waals surface area (Å²) in [5, 5.41) is 0. The first-order valence-electron chi connectivity index (χ1n) is 7.19. The summed E-state index contributed by atoms with van der Waals surface area (Å²) in [5.41, 5.74) is 0. The zero-order chi connectivity index (χ0) is 11.9. The summed E-state index contributed by atoms with van der Waals surface area (Å²) in [6, 6.07) is 0. The highest BCUT2D eigenvalue weighted by Crippen LogP contribution is 2.10. The third kappa shape index (κ3) is 13.5. The summed E-state index contributed by atoms with van der Waals surface area (Å²) < 4.78 is 0. The van der Waals surface area contributed by atoms with E-state index >= 15 is 0 Å². The first kappa shape index (κ1) is 15.5. The van der Waals surface area contributed by atoms with E-state index in [1.54, 1.807) is 0 Å². The zero-order valence-electron chi connectivity index (χ0n) is 11.4. The van der Waals surface area contributed by atoms with Gasteiger partial charge in [0.25, 0.3) is 0 Å². The van der Waals surface area contributed by atoms with Crippen molar-refractivity contribution in [2.75, 3.05) is 0 Å². The minimum absolute atomic E-state index is 1.25. The molecule has 0 atom stereocenters. The predicted octanol–water partition coefficient (Wildman–Crippen LogP) is 6.04. The Morgan fingerprint density at radius 2 is 1.25 bits per heavy atom. The molecule has 0 aliphatic carbocycles. The Bertz CT molecular complexity index is 165. The highest BCUT2D eigenvalue weighted by atomic mass is 14.0. The Morgan fingerprint density at radius 3 is 1.81 bits per heavy atom. The molecule has 0 heteroatoms. The van der Waals surface area contributed by atoms with Gasteiger partial charge in [0.2, 0.25) is 0 Å². The molecule has 0 aliphatic rings. The van der Waals surface area contributed by atoms with Crippen LogP contribution in [0.15, 0.2) is 24.3 Å². The van der Waals surface area contributed by atoms with Gasteiger partial charge >= 0.3 is 0 Å². The summed E-state index contributed by atoms with van der Waals surface area (Å²) in [6.45, 7) is 4.34. The maximum Gasteiger partial charge on any atom is -0.0348 e. The molecular weight excluding hydrogens is 192 g/mol. The van der Waals surface area contributed by atoms with Crippen molar-refractivity contribution >= 4 is 0 Å². The largest absolute Gasteiger partial charge is 0.0877 e. The van der Waals surface area contributed by atoms with Crippen LogP contribution in [0.3, 0.4) is 0 Å². The number of rotatable bonds is 11. The average Bonchev–Trinajstić information content (AvgIpc) is 2.31. The van der Waals surface area contributed by atoms with Gasteiger partial charge in [-0.15, -0.1) is 0 Å². The molecule has 0 fully saturated rings. The molecule has 0 rings (SSSR count). The SMILES string of the molecule is CC=C/C=C/CCCCCCCCCCC. The molecule has 0 aromatic heterocycles. The van der Waals surface area contributed by atoms with Crippen LogP contribution in [0.4, 0.5) is 0 Å². The normalized spacial score (nSPS) is 11.9. The first-order chi connectivity index (χ1) is 7.91. The third-order valence-electron chi connectivity index (χ3n) is 2.91. The van der Waals surface area contributed by atoms with Gasteiger partial charge in [-0.05, 0) is 19.8 Å². The van der Waals surface area contributed by atoms with Gasteiger partial charge in [-0.25, -0.2) is 0 Å². The van der Waals surface area contributed by atoms with Gasteiger partial charge in [0.15, 0.2) is 0 Å². The van der Waals surface area contributed by atoms with Gasteiger partial charge < -0.3 is 0 Å². The Balaban J connectivity index is 2.98. The number of unbranched alkanes of at least 4 members (excludes halogenated alkanes) is 9. The van der Waals surface area contributed by atoms with Crippen molar-refractivity contribution in [3.63, 3.8) is 0 Å². The lowest BCUT2D eigenvalue weighted by atomic mass is 10.1. The highest BCUT2D eigenvalue weighted by Gasteiger charge is 1.90. The second-order valence-electron chi connectivity index (χ2n) is 4.57. The molecule has 94 valence electrons. The minimum atomic E-state index is 1.25. The monoisotopic (exact) mass is 222 g/mol. The van der Waals surface area contributed by atoms with Crippen LogP contribution >= 0.6 is 0 Å². The molecule has 0 aliphatic heterocycles. The first-order valence-corrected chi connectivity index (χ1v) is 7.19. The molecule has 0 amide bonds. The predicted molar refractivity (Wildman–Crippen MR) is 75.8 cm³/mol. The maximum atomic E-state index is 2.28. The van der Waals surface area contributed by atoms with Crippen LogP contribution in [0.1, 0.15) is 78.1 Å². The molecule has 0 unspecified atom stereocenters. The summed E-state index contributed by atoms with van der Waals surface area (Å²) in [4.78, 5) is 0. The summed E-state index contributed by atoms with van der Waals surface area (Å²) in [7, 11) is 0. The van der Waals surface area contributed by atoms with Crippen LogP contribution < -0.4 is 0 Å². The summed E-state index contributed by atoms with van der Waals surface area (Å²) >= 11 is 0. The fourth-order valence-electron chi connectivity index (χ4n) is 1.86. The van der Waals surface area contributed by atoms with E-state index in [9.17, 15) is 0 Å². The van der Waals surface area contributed by atoms with Crippen LogP contribution in [-0.4, -0.2) is 0 Å². The maximum absolute atomic E-state index is 2.28. The van der Waals surface area contributed by atoms with Gasteiger partial charge in [-0.2, -0.15) is 0 Å². The Kier molecular flexibility index (Phi) is 14.0. The van der Waals surface area contributed by atoms with Crippen molar-refractivity contribution in [2.45, 2.75) is 78.1 Å². The van der Waals surface area contributed by atoms with Crippen LogP contribution in [0.5, 0.6) is 0 Å². The number of allylic oxidation sites excluding steroid dienone is 4. The Morgan fingerprint density at radius 1 is 0.688 bits per heavy atom. The highest BCUT2D eigenvalue weighted by molar-refractivity contribution is 5.00. The Labute approximate surface area is 103 Å². The molecule has 0 bridgehead atoms. The van der Waals surface area contributed by atoms with Gasteiger partial charge in [-0.3, -0.25) is 0 Å². The van der Waals surface area contributed by atoms with E-state index in [0.717, 1.165) is 0 Å². The molecule has 0 saturated heterocycles. The molecular formula is C16H30. The fourth-order valence-corrected chi connectivity index (χ4v) is 1.86. The molecule has 0 nitrogen and oxygen atoms in total. The lowest BCUT2D eigenvalue weighted by Crippen LogP contribution is -1.80. The van der Waals surface area contributed by atoms with E-state index in [1.807, 2.05) is 0 Å². The molecule has 0 N–H and O–H groups in total. The topological polar surface area (TPSA) is 0 Å². The van der Waals surface area contributed by atoms with E-state index < -0.39 is 0 Å². The summed E-state index contributed by atoms with van der Waals surface area (Å²) in [5.74, 6) is 0. The van der Waals surface area contributed by atoms with E-state index in [-0.39, 0.29) is 0 Å². The standard InChI is InChI=1S/C16H30/c1-3-5-7-9-11-13-15-16-14-12-10-8-6-4-2/h3,5,7,9H,4,6,8,10-16H2,1-2H3/b5-3?,9-7+. The van der Waals surface area contributed by atoms with Crippen molar-refractivity contribution in [1.29, 1.82) is 0 Å². The molecule has 0 aromatic carbocycles. The molecule has 0 aromatic rings. The summed E-state index contributed by atoms with van der Waals surface area (Å²) in [6.07, 6.45) is 22.7. The Hall–Kier alpha value is -0.520. The lowest BCUT2D eigenvalue weighted by molar-refractivity contribution is 0.566. The van der Waals surface area contributed by atoms with E-state index in [4.69, 9.17) is 0 Å². The van der Waals surface area contributed by atoms with E-state index in [0.29, 0.717) is 0 Å². The van der Waals surface area contributed by atoms with Gasteiger partial charge in [0.05, 0.1) is 0 Å². The lowest BCUT2D eigenvalue weighted by Gasteiger charge is -2.00. The van der Waals surface area contributed by atoms with Gasteiger partial charge in [-0.1, -0.05) is 82.6 Å².